The number of carbonyl (C=O) groups is 1. The highest BCUT2D eigenvalue weighted by Crippen LogP contribution is 2.31. The molecule has 2 heterocycles. The molecule has 1 aliphatic carbocycles. The molecule has 0 unspecified atom stereocenters. The molecule has 182 valence electrons. The molecule has 0 N–H and O–H groups in total. The molecule has 3 aromatic rings. The standard InChI is InChI=1S/C28H33N5O2/c34-27(32-19-17-31(18-20-32)16-6-9-22-7-2-1-3-8-22)24-14-12-23(13-15-24)21-33-28(35)25-10-4-5-11-26(25)29-30-33/h1-11,23-24H,12-21H2/b9-6+. The normalized spacial score (nSPS) is 21.5. The van der Waals surface area contributed by atoms with E-state index in [4.69, 9.17) is 0 Å². The molecule has 2 aromatic carbocycles. The summed E-state index contributed by atoms with van der Waals surface area (Å²) in [4.78, 5) is 30.3. The zero-order valence-electron chi connectivity index (χ0n) is 20.1. The largest absolute Gasteiger partial charge is 0.340 e. The second-order valence-corrected chi connectivity index (χ2v) is 9.75. The van der Waals surface area contributed by atoms with E-state index in [1.807, 2.05) is 24.3 Å². The van der Waals surface area contributed by atoms with E-state index in [1.165, 1.54) is 10.2 Å². The van der Waals surface area contributed by atoms with E-state index in [1.54, 1.807) is 6.07 Å². The van der Waals surface area contributed by atoms with Gasteiger partial charge in [-0.25, -0.2) is 4.68 Å². The number of amides is 1. The Morgan fingerprint density at radius 3 is 2.40 bits per heavy atom. The Balaban J connectivity index is 1.07. The molecule has 0 atom stereocenters. The van der Waals surface area contributed by atoms with Crippen LogP contribution in [0.1, 0.15) is 31.2 Å². The van der Waals surface area contributed by atoms with Gasteiger partial charge in [0.2, 0.25) is 5.91 Å². The van der Waals surface area contributed by atoms with Crippen LogP contribution in [0.5, 0.6) is 0 Å². The molecule has 1 amide bonds. The maximum atomic E-state index is 13.1. The first kappa shape index (κ1) is 23.4. The van der Waals surface area contributed by atoms with Crippen molar-refractivity contribution in [3.63, 3.8) is 0 Å². The predicted molar refractivity (Wildman–Crippen MR) is 138 cm³/mol. The molecule has 0 bridgehead atoms. The monoisotopic (exact) mass is 471 g/mol. The topological polar surface area (TPSA) is 71.3 Å². The summed E-state index contributed by atoms with van der Waals surface area (Å²) < 4.78 is 1.50. The van der Waals surface area contributed by atoms with Gasteiger partial charge in [0.25, 0.3) is 5.56 Å². The zero-order chi connectivity index (χ0) is 24.0. The van der Waals surface area contributed by atoms with Gasteiger partial charge in [-0.1, -0.05) is 59.8 Å². The van der Waals surface area contributed by atoms with Crippen LogP contribution in [0.25, 0.3) is 17.0 Å². The van der Waals surface area contributed by atoms with Crippen LogP contribution in [0.2, 0.25) is 0 Å². The lowest BCUT2D eigenvalue weighted by atomic mass is 9.81. The summed E-state index contributed by atoms with van der Waals surface area (Å²) in [6, 6.07) is 17.7. The van der Waals surface area contributed by atoms with Crippen LogP contribution in [0.3, 0.4) is 0 Å². The van der Waals surface area contributed by atoms with Crippen LogP contribution >= 0.6 is 0 Å². The van der Waals surface area contributed by atoms with Crippen LogP contribution in [-0.4, -0.2) is 63.4 Å². The number of rotatable bonds is 6. The quantitative estimate of drug-likeness (QED) is 0.551. The van der Waals surface area contributed by atoms with Crippen LogP contribution < -0.4 is 5.56 Å². The van der Waals surface area contributed by atoms with Gasteiger partial charge < -0.3 is 4.90 Å². The van der Waals surface area contributed by atoms with Crippen molar-refractivity contribution in [3.8, 4) is 0 Å². The third-order valence-electron chi connectivity index (χ3n) is 7.41. The first-order valence-corrected chi connectivity index (χ1v) is 12.7. The molecule has 1 saturated heterocycles. The Morgan fingerprint density at radius 1 is 0.914 bits per heavy atom. The van der Waals surface area contributed by atoms with Crippen molar-refractivity contribution in [2.75, 3.05) is 32.7 Å². The minimum Gasteiger partial charge on any atom is -0.340 e. The molecule has 7 heteroatoms. The number of nitrogens with zero attached hydrogens (tertiary/aromatic N) is 5. The van der Waals surface area contributed by atoms with E-state index in [0.29, 0.717) is 29.3 Å². The predicted octanol–water partition coefficient (Wildman–Crippen LogP) is 3.46. The fraction of sp³-hybridized carbons (Fsp3) is 0.429. The molecule has 0 radical (unpaired) electrons. The molecule has 0 spiro atoms. The summed E-state index contributed by atoms with van der Waals surface area (Å²) in [5, 5.41) is 8.95. The Morgan fingerprint density at radius 2 is 1.63 bits per heavy atom. The van der Waals surface area contributed by atoms with Gasteiger partial charge in [-0.15, -0.1) is 5.10 Å². The molecule has 2 aliphatic rings. The molecular weight excluding hydrogens is 438 g/mol. The van der Waals surface area contributed by atoms with Gasteiger partial charge in [0, 0.05) is 45.2 Å². The second kappa shape index (κ2) is 11.0. The highest BCUT2D eigenvalue weighted by atomic mass is 16.2. The summed E-state index contributed by atoms with van der Waals surface area (Å²) in [7, 11) is 0. The van der Waals surface area contributed by atoms with E-state index in [9.17, 15) is 9.59 Å². The highest BCUT2D eigenvalue weighted by molar-refractivity contribution is 5.79. The van der Waals surface area contributed by atoms with Gasteiger partial charge in [-0.3, -0.25) is 14.5 Å². The summed E-state index contributed by atoms with van der Waals surface area (Å²) in [5.41, 5.74) is 1.77. The lowest BCUT2D eigenvalue weighted by Gasteiger charge is -2.37. The van der Waals surface area contributed by atoms with Crippen molar-refractivity contribution in [1.29, 1.82) is 0 Å². The van der Waals surface area contributed by atoms with Gasteiger partial charge in [-0.05, 0) is 49.3 Å². The molecule has 2 fully saturated rings. The molecular formula is C28H33N5O2. The molecule has 1 aromatic heterocycles. The number of aromatic nitrogens is 3. The number of fused-ring (bicyclic) bond motifs is 1. The van der Waals surface area contributed by atoms with Crippen LogP contribution in [0.4, 0.5) is 0 Å². The van der Waals surface area contributed by atoms with E-state index in [-0.39, 0.29) is 11.5 Å². The summed E-state index contributed by atoms with van der Waals surface area (Å²) in [6.07, 6.45) is 8.04. The Bertz CT molecular complexity index is 1220. The van der Waals surface area contributed by atoms with Gasteiger partial charge in [0.15, 0.2) is 0 Å². The van der Waals surface area contributed by atoms with Crippen LogP contribution in [0, 0.1) is 11.8 Å². The van der Waals surface area contributed by atoms with E-state index in [0.717, 1.165) is 58.4 Å². The lowest BCUT2D eigenvalue weighted by molar-refractivity contribution is -0.138. The molecule has 5 rings (SSSR count). The molecule has 1 aliphatic heterocycles. The highest BCUT2D eigenvalue weighted by Gasteiger charge is 2.31. The fourth-order valence-corrected chi connectivity index (χ4v) is 5.29. The van der Waals surface area contributed by atoms with E-state index in [2.05, 4.69) is 56.5 Å². The smallest absolute Gasteiger partial charge is 0.277 e. The molecule has 7 nitrogen and oxygen atoms in total. The van der Waals surface area contributed by atoms with Crippen molar-refractivity contribution in [2.24, 2.45) is 11.8 Å². The second-order valence-electron chi connectivity index (χ2n) is 9.75. The SMILES string of the molecule is O=C(C1CCC(Cn2nnc3ccccc3c2=O)CC1)N1CCN(C/C=C/c2ccccc2)CC1. The number of hydrogen-bond acceptors (Lipinski definition) is 5. The minimum absolute atomic E-state index is 0.0784. The minimum atomic E-state index is -0.0784. The van der Waals surface area contributed by atoms with E-state index >= 15 is 0 Å². The van der Waals surface area contributed by atoms with E-state index < -0.39 is 0 Å². The molecule has 35 heavy (non-hydrogen) atoms. The maximum absolute atomic E-state index is 13.1. The number of carbonyl (C=O) groups excluding carboxylic acids is 1. The van der Waals surface area contributed by atoms with Crippen molar-refractivity contribution >= 4 is 22.9 Å². The Labute approximate surface area is 206 Å². The fourth-order valence-electron chi connectivity index (χ4n) is 5.29. The average Bonchev–Trinajstić information content (AvgIpc) is 2.91. The van der Waals surface area contributed by atoms with Gasteiger partial charge in [-0.2, -0.15) is 0 Å². The number of piperazine rings is 1. The van der Waals surface area contributed by atoms with Crippen LogP contribution in [0.15, 0.2) is 65.5 Å². The van der Waals surface area contributed by atoms with Crippen LogP contribution in [-0.2, 0) is 11.3 Å². The van der Waals surface area contributed by atoms with Crippen molar-refractivity contribution < 1.29 is 4.79 Å². The summed E-state index contributed by atoms with van der Waals surface area (Å²) in [6.45, 7) is 4.94. The average molecular weight is 472 g/mol. The zero-order valence-corrected chi connectivity index (χ0v) is 20.1. The Kier molecular flexibility index (Phi) is 7.33. The number of hydrogen-bond donors (Lipinski definition) is 0. The van der Waals surface area contributed by atoms with Gasteiger partial charge >= 0.3 is 0 Å². The van der Waals surface area contributed by atoms with Gasteiger partial charge in [0.1, 0.15) is 5.52 Å². The summed E-state index contributed by atoms with van der Waals surface area (Å²) >= 11 is 0. The summed E-state index contributed by atoms with van der Waals surface area (Å²) in [5.74, 6) is 0.779. The Hall–Kier alpha value is -3.32. The first-order chi connectivity index (χ1) is 17.2. The first-order valence-electron chi connectivity index (χ1n) is 12.7. The lowest BCUT2D eigenvalue weighted by Crippen LogP contribution is -2.50. The number of benzene rings is 2. The third kappa shape index (κ3) is 5.68. The molecule has 1 saturated carbocycles. The third-order valence-corrected chi connectivity index (χ3v) is 7.41. The van der Waals surface area contributed by atoms with Crippen molar-refractivity contribution in [3.05, 3.63) is 76.6 Å². The maximum Gasteiger partial charge on any atom is 0.277 e. The van der Waals surface area contributed by atoms with Crippen molar-refractivity contribution in [1.82, 2.24) is 24.8 Å². The van der Waals surface area contributed by atoms with Crippen molar-refractivity contribution in [2.45, 2.75) is 32.2 Å². The van der Waals surface area contributed by atoms with Gasteiger partial charge in [0.05, 0.1) is 5.39 Å².